The van der Waals surface area contributed by atoms with Gasteiger partial charge in [0.1, 0.15) is 17.3 Å². The summed E-state index contributed by atoms with van der Waals surface area (Å²) in [5, 5.41) is 11.3. The third kappa shape index (κ3) is 7.35. The summed E-state index contributed by atoms with van der Waals surface area (Å²) in [5.41, 5.74) is 0.874. The normalized spacial score (nSPS) is 11.5. The smallest absolute Gasteiger partial charge is 0.303 e. The molecule has 7 heteroatoms. The van der Waals surface area contributed by atoms with Gasteiger partial charge in [-0.15, -0.1) is 0 Å². The molecule has 0 spiro atoms. The number of halogens is 1. The highest BCUT2D eigenvalue weighted by atomic mass is 19.1. The zero-order valence-corrected chi connectivity index (χ0v) is 15.0. The predicted octanol–water partition coefficient (Wildman–Crippen LogP) is 3.15. The van der Waals surface area contributed by atoms with Gasteiger partial charge in [0.15, 0.2) is 6.10 Å². The Morgan fingerprint density at radius 1 is 1.15 bits per heavy atom. The average molecular weight is 375 g/mol. The van der Waals surface area contributed by atoms with Crippen molar-refractivity contribution >= 4 is 11.9 Å². The first kappa shape index (κ1) is 20.2. The number of carbonyl (C=O) groups is 2. The molecule has 1 amide bonds. The van der Waals surface area contributed by atoms with Gasteiger partial charge in [-0.25, -0.2) is 4.39 Å². The highest BCUT2D eigenvalue weighted by molar-refractivity contribution is 5.80. The molecule has 0 saturated heterocycles. The van der Waals surface area contributed by atoms with Gasteiger partial charge in [0.25, 0.3) is 5.91 Å². The van der Waals surface area contributed by atoms with Crippen LogP contribution in [0.25, 0.3) is 0 Å². The first-order chi connectivity index (χ1) is 12.9. The average Bonchev–Trinajstić information content (AvgIpc) is 2.64. The zero-order chi connectivity index (χ0) is 19.6. The van der Waals surface area contributed by atoms with E-state index in [1.165, 1.54) is 18.2 Å². The Kier molecular flexibility index (Phi) is 7.61. The summed E-state index contributed by atoms with van der Waals surface area (Å²) in [6, 6.07) is 12.8. The zero-order valence-electron chi connectivity index (χ0n) is 15.0. The molecule has 2 aromatic rings. The first-order valence-corrected chi connectivity index (χ1v) is 8.57. The van der Waals surface area contributed by atoms with Crippen LogP contribution in [0.3, 0.4) is 0 Å². The molecule has 0 heterocycles. The van der Waals surface area contributed by atoms with Gasteiger partial charge >= 0.3 is 5.97 Å². The Balaban J connectivity index is 1.75. The van der Waals surface area contributed by atoms with Crippen molar-refractivity contribution in [2.45, 2.75) is 32.4 Å². The number of rotatable bonds is 10. The standard InChI is InChI=1S/C20H22FNO5/c1-14(27-18-5-2-4-16(21)12-18)20(25)22-13-15-7-9-17(10-8-15)26-11-3-6-19(23)24/h2,4-5,7-10,12,14H,3,6,11,13H2,1H3,(H,22,25)(H,23,24). The van der Waals surface area contributed by atoms with E-state index in [4.69, 9.17) is 14.6 Å². The van der Waals surface area contributed by atoms with Crippen LogP contribution in [0, 0.1) is 5.82 Å². The minimum absolute atomic E-state index is 0.0694. The summed E-state index contributed by atoms with van der Waals surface area (Å²) < 4.78 is 24.0. The maximum absolute atomic E-state index is 13.1. The van der Waals surface area contributed by atoms with Crippen LogP contribution in [0.2, 0.25) is 0 Å². The number of carboxylic acid groups (broad SMARTS) is 1. The molecule has 1 unspecified atom stereocenters. The minimum Gasteiger partial charge on any atom is -0.494 e. The van der Waals surface area contributed by atoms with Crippen molar-refractivity contribution in [3.63, 3.8) is 0 Å². The highest BCUT2D eigenvalue weighted by Crippen LogP contribution is 2.15. The van der Waals surface area contributed by atoms with Crippen molar-refractivity contribution in [3.05, 3.63) is 59.9 Å². The molecule has 0 aliphatic heterocycles. The lowest BCUT2D eigenvalue weighted by atomic mass is 10.2. The van der Waals surface area contributed by atoms with Crippen molar-refractivity contribution in [2.75, 3.05) is 6.61 Å². The van der Waals surface area contributed by atoms with Crippen molar-refractivity contribution in [2.24, 2.45) is 0 Å². The molecule has 0 fully saturated rings. The first-order valence-electron chi connectivity index (χ1n) is 8.57. The van der Waals surface area contributed by atoms with Crippen LogP contribution in [-0.2, 0) is 16.1 Å². The molecule has 2 aromatic carbocycles. The lowest BCUT2D eigenvalue weighted by molar-refractivity contribution is -0.137. The molecule has 0 aliphatic rings. The molecule has 144 valence electrons. The quantitative estimate of drug-likeness (QED) is 0.623. The number of nitrogens with one attached hydrogen (secondary N) is 1. The maximum atomic E-state index is 13.1. The molecular weight excluding hydrogens is 353 g/mol. The predicted molar refractivity (Wildman–Crippen MR) is 97.1 cm³/mol. The molecule has 0 saturated carbocycles. The fraction of sp³-hybridized carbons (Fsp3) is 0.300. The van der Waals surface area contributed by atoms with E-state index in [0.717, 1.165) is 5.56 Å². The van der Waals surface area contributed by atoms with Gasteiger partial charge in [-0.05, 0) is 43.2 Å². The summed E-state index contributed by atoms with van der Waals surface area (Å²) in [6.45, 7) is 2.24. The lowest BCUT2D eigenvalue weighted by Crippen LogP contribution is -2.35. The van der Waals surface area contributed by atoms with E-state index in [2.05, 4.69) is 5.32 Å². The monoisotopic (exact) mass is 375 g/mol. The van der Waals surface area contributed by atoms with Gasteiger partial charge in [-0.2, -0.15) is 0 Å². The largest absolute Gasteiger partial charge is 0.494 e. The van der Waals surface area contributed by atoms with Crippen LogP contribution < -0.4 is 14.8 Å². The molecule has 6 nitrogen and oxygen atoms in total. The molecule has 2 rings (SSSR count). The minimum atomic E-state index is -0.847. The Bertz CT molecular complexity index is 763. The van der Waals surface area contributed by atoms with Crippen molar-refractivity contribution in [3.8, 4) is 11.5 Å². The van der Waals surface area contributed by atoms with Gasteiger partial charge in [-0.3, -0.25) is 9.59 Å². The third-order valence-electron chi connectivity index (χ3n) is 3.67. The molecule has 0 bridgehead atoms. The maximum Gasteiger partial charge on any atom is 0.303 e. The number of carboxylic acids is 1. The number of amides is 1. The summed E-state index contributed by atoms with van der Waals surface area (Å²) >= 11 is 0. The Morgan fingerprint density at radius 3 is 2.56 bits per heavy atom. The molecule has 0 radical (unpaired) electrons. The SMILES string of the molecule is CC(Oc1cccc(F)c1)C(=O)NCc1ccc(OCCCC(=O)O)cc1. The second-order valence-corrected chi connectivity index (χ2v) is 5.92. The summed E-state index contributed by atoms with van der Waals surface area (Å²) in [7, 11) is 0. The van der Waals surface area contributed by atoms with Crippen LogP contribution in [-0.4, -0.2) is 29.7 Å². The van der Waals surface area contributed by atoms with E-state index >= 15 is 0 Å². The van der Waals surface area contributed by atoms with Crippen molar-refractivity contribution in [1.29, 1.82) is 0 Å². The van der Waals surface area contributed by atoms with E-state index in [9.17, 15) is 14.0 Å². The number of benzene rings is 2. The van der Waals surface area contributed by atoms with Crippen LogP contribution in [0.4, 0.5) is 4.39 Å². The Hall–Kier alpha value is -3.09. The van der Waals surface area contributed by atoms with Crippen molar-refractivity contribution < 1.29 is 28.6 Å². The van der Waals surface area contributed by atoms with E-state index in [1.807, 2.05) is 12.1 Å². The van der Waals surface area contributed by atoms with Gasteiger partial charge in [0, 0.05) is 19.0 Å². The number of hydrogen-bond donors (Lipinski definition) is 2. The number of aliphatic carboxylic acids is 1. The van der Waals surface area contributed by atoms with Crippen LogP contribution >= 0.6 is 0 Å². The van der Waals surface area contributed by atoms with E-state index < -0.39 is 17.9 Å². The summed E-state index contributed by atoms with van der Waals surface area (Å²) in [4.78, 5) is 22.5. The van der Waals surface area contributed by atoms with Gasteiger partial charge < -0.3 is 19.9 Å². The van der Waals surface area contributed by atoms with Gasteiger partial charge in [-0.1, -0.05) is 18.2 Å². The molecule has 27 heavy (non-hydrogen) atoms. The molecule has 0 aromatic heterocycles. The Labute approximate surface area is 156 Å². The highest BCUT2D eigenvalue weighted by Gasteiger charge is 2.14. The summed E-state index contributed by atoms with van der Waals surface area (Å²) in [6.07, 6.45) is -0.250. The fourth-order valence-electron chi connectivity index (χ4n) is 2.25. The number of hydrogen-bond acceptors (Lipinski definition) is 4. The van der Waals surface area contributed by atoms with Gasteiger partial charge in [0.05, 0.1) is 6.61 Å². The van der Waals surface area contributed by atoms with Crippen LogP contribution in [0.1, 0.15) is 25.3 Å². The topological polar surface area (TPSA) is 84.9 Å². The van der Waals surface area contributed by atoms with Gasteiger partial charge in [0.2, 0.25) is 0 Å². The van der Waals surface area contributed by atoms with E-state index in [1.54, 1.807) is 25.1 Å². The van der Waals surface area contributed by atoms with Crippen molar-refractivity contribution in [1.82, 2.24) is 5.32 Å². The molecule has 2 N–H and O–H groups in total. The number of carbonyl (C=O) groups excluding carboxylic acids is 1. The second kappa shape index (κ2) is 10.2. The fourth-order valence-corrected chi connectivity index (χ4v) is 2.25. The second-order valence-electron chi connectivity index (χ2n) is 5.92. The van der Waals surface area contributed by atoms with Crippen LogP contribution in [0.15, 0.2) is 48.5 Å². The molecule has 1 atom stereocenters. The van der Waals surface area contributed by atoms with E-state index in [0.29, 0.717) is 31.1 Å². The molecule has 0 aliphatic carbocycles. The number of ether oxygens (including phenoxy) is 2. The lowest BCUT2D eigenvalue weighted by Gasteiger charge is -2.15. The van der Waals surface area contributed by atoms with E-state index in [-0.39, 0.29) is 12.3 Å². The molecular formula is C20H22FNO5. The Morgan fingerprint density at radius 2 is 1.89 bits per heavy atom. The van der Waals surface area contributed by atoms with Crippen LogP contribution in [0.5, 0.6) is 11.5 Å². The third-order valence-corrected chi connectivity index (χ3v) is 3.67. The summed E-state index contributed by atoms with van der Waals surface area (Å²) in [5.74, 6) is -0.653.